The fourth-order valence-electron chi connectivity index (χ4n) is 3.74. The van der Waals surface area contributed by atoms with Crippen molar-refractivity contribution in [2.24, 2.45) is 0 Å². The van der Waals surface area contributed by atoms with E-state index in [1.165, 1.54) is 6.07 Å². The highest BCUT2D eigenvalue weighted by Crippen LogP contribution is 2.30. The van der Waals surface area contributed by atoms with E-state index in [9.17, 15) is 13.8 Å². The molecule has 3 rings (SSSR count). The van der Waals surface area contributed by atoms with E-state index in [1.807, 2.05) is 19.1 Å². The smallest absolute Gasteiger partial charge is 0.410 e. The summed E-state index contributed by atoms with van der Waals surface area (Å²) in [7, 11) is 0. The molecule has 1 aliphatic rings. The second kappa shape index (κ2) is 11.9. The molecule has 1 heterocycles. The van der Waals surface area contributed by atoms with E-state index in [1.54, 1.807) is 48.8 Å². The van der Waals surface area contributed by atoms with Gasteiger partial charge in [0, 0.05) is 29.8 Å². The lowest BCUT2D eigenvalue weighted by Crippen LogP contribution is -2.57. The molecule has 0 aliphatic carbocycles. The fourth-order valence-corrected chi connectivity index (χ4v) is 5.01. The average Bonchev–Trinajstić information content (AvgIpc) is 2.80. The predicted molar refractivity (Wildman–Crippen MR) is 144 cm³/mol. The average molecular weight is 601 g/mol. The van der Waals surface area contributed by atoms with Crippen molar-refractivity contribution in [2.75, 3.05) is 32.0 Å². The van der Waals surface area contributed by atoms with Gasteiger partial charge in [0.05, 0.1) is 28.1 Å². The molecule has 2 aromatic carbocycles. The molecule has 0 radical (unpaired) electrons. The number of aryl methyl sites for hydroxylation is 1. The lowest BCUT2D eigenvalue weighted by Gasteiger charge is -2.41. The molecule has 1 fully saturated rings. The molecule has 0 saturated carbocycles. The zero-order valence-corrected chi connectivity index (χ0v) is 23.9. The van der Waals surface area contributed by atoms with Crippen molar-refractivity contribution in [3.63, 3.8) is 0 Å². The largest absolute Gasteiger partial charge is 0.444 e. The Morgan fingerprint density at radius 1 is 1.19 bits per heavy atom. The summed E-state index contributed by atoms with van der Waals surface area (Å²) in [6.45, 7) is 8.29. The number of nitrogens with two attached hydrogens (primary N) is 1. The normalized spacial score (nSPS) is 17.1. The van der Waals surface area contributed by atoms with Crippen molar-refractivity contribution in [2.45, 2.75) is 50.7 Å². The van der Waals surface area contributed by atoms with Gasteiger partial charge in [-0.25, -0.2) is 9.00 Å². The van der Waals surface area contributed by atoms with Crippen LogP contribution in [0.15, 0.2) is 45.8 Å². The number of benzene rings is 2. The summed E-state index contributed by atoms with van der Waals surface area (Å²) in [5, 5.41) is 0.369. The Bertz CT molecular complexity index is 1140. The molecule has 36 heavy (non-hydrogen) atoms. The SMILES string of the molecule is Cc1ccc(S(=O)OCCC2CN(C(=O)OC(C)(C)C)CCN2C(=O)c2cc(Cl)c(Br)cc2N)cc1. The van der Waals surface area contributed by atoms with Gasteiger partial charge in [0.15, 0.2) is 11.1 Å². The number of rotatable bonds is 6. The Labute approximate surface area is 227 Å². The van der Waals surface area contributed by atoms with Crippen molar-refractivity contribution in [3.8, 4) is 0 Å². The van der Waals surface area contributed by atoms with Crippen LogP contribution in [-0.2, 0) is 20.0 Å². The molecule has 196 valence electrons. The van der Waals surface area contributed by atoms with Gasteiger partial charge in [0.2, 0.25) is 0 Å². The topological polar surface area (TPSA) is 102 Å². The van der Waals surface area contributed by atoms with Gasteiger partial charge >= 0.3 is 6.09 Å². The maximum absolute atomic E-state index is 13.5. The molecule has 0 bridgehead atoms. The molecule has 2 N–H and O–H groups in total. The van der Waals surface area contributed by atoms with Crippen LogP contribution < -0.4 is 5.73 Å². The van der Waals surface area contributed by atoms with Crippen molar-refractivity contribution in [1.29, 1.82) is 0 Å². The summed E-state index contributed by atoms with van der Waals surface area (Å²) in [6.07, 6.45) is -0.0951. The van der Waals surface area contributed by atoms with Gasteiger partial charge in [-0.3, -0.25) is 8.98 Å². The Morgan fingerprint density at radius 3 is 2.50 bits per heavy atom. The molecule has 8 nitrogen and oxygen atoms in total. The molecule has 2 atom stereocenters. The van der Waals surface area contributed by atoms with Crippen molar-refractivity contribution in [1.82, 2.24) is 9.80 Å². The van der Waals surface area contributed by atoms with Crippen molar-refractivity contribution >= 4 is 56.3 Å². The van der Waals surface area contributed by atoms with Gasteiger partial charge < -0.3 is 20.3 Å². The molecule has 1 saturated heterocycles. The minimum atomic E-state index is -1.65. The first-order valence-corrected chi connectivity index (χ1v) is 13.8. The number of ether oxygens (including phenoxy) is 1. The number of nitrogens with zero attached hydrogens (tertiary/aromatic N) is 2. The third-order valence-corrected chi connectivity index (χ3v) is 7.81. The highest BCUT2D eigenvalue weighted by atomic mass is 79.9. The van der Waals surface area contributed by atoms with Gasteiger partial charge in [0.1, 0.15) is 5.60 Å². The Hall–Kier alpha value is -2.14. The summed E-state index contributed by atoms with van der Waals surface area (Å²) in [4.78, 5) is 30.0. The monoisotopic (exact) mass is 599 g/mol. The van der Waals surface area contributed by atoms with E-state index < -0.39 is 28.8 Å². The number of piperazine rings is 1. The van der Waals surface area contributed by atoms with Crippen LogP contribution >= 0.6 is 27.5 Å². The highest BCUT2D eigenvalue weighted by Gasteiger charge is 2.35. The lowest BCUT2D eigenvalue weighted by atomic mass is 10.1. The Balaban J connectivity index is 1.76. The number of halogens is 2. The number of carbonyl (C=O) groups excluding carboxylic acids is 2. The maximum atomic E-state index is 13.5. The zero-order chi connectivity index (χ0) is 26.6. The molecule has 2 aromatic rings. The second-order valence-corrected chi connectivity index (χ2v) is 12.0. The van der Waals surface area contributed by atoms with Crippen LogP contribution in [0.5, 0.6) is 0 Å². The van der Waals surface area contributed by atoms with E-state index in [0.717, 1.165) is 5.56 Å². The van der Waals surface area contributed by atoms with E-state index in [4.69, 9.17) is 26.3 Å². The van der Waals surface area contributed by atoms with Gasteiger partial charge in [-0.2, -0.15) is 0 Å². The van der Waals surface area contributed by atoms with Crippen LogP contribution in [0.3, 0.4) is 0 Å². The van der Waals surface area contributed by atoms with E-state index >= 15 is 0 Å². The van der Waals surface area contributed by atoms with E-state index in [-0.39, 0.29) is 31.2 Å². The summed E-state index contributed by atoms with van der Waals surface area (Å²) >= 11 is 7.89. The molecule has 0 spiro atoms. The van der Waals surface area contributed by atoms with Gasteiger partial charge in [-0.05, 0) is 74.3 Å². The summed E-state index contributed by atoms with van der Waals surface area (Å²) < 4.78 is 24.3. The van der Waals surface area contributed by atoms with E-state index in [0.29, 0.717) is 33.0 Å². The van der Waals surface area contributed by atoms with Gasteiger partial charge in [-0.15, -0.1) is 0 Å². The first-order valence-electron chi connectivity index (χ1n) is 11.5. The van der Waals surface area contributed by atoms with Crippen LogP contribution in [0.1, 0.15) is 43.1 Å². The molecule has 11 heteroatoms. The van der Waals surface area contributed by atoms with E-state index in [2.05, 4.69) is 15.9 Å². The molecule has 2 amide bonds. The first-order chi connectivity index (χ1) is 16.9. The first kappa shape index (κ1) is 28.4. The zero-order valence-electron chi connectivity index (χ0n) is 20.8. The van der Waals surface area contributed by atoms with Gasteiger partial charge in [0.25, 0.3) is 5.91 Å². The molecular weight excluding hydrogens is 570 g/mol. The molecule has 0 aromatic heterocycles. The van der Waals surface area contributed by atoms with Crippen LogP contribution in [0.4, 0.5) is 10.5 Å². The third kappa shape index (κ3) is 7.44. The van der Waals surface area contributed by atoms with Crippen molar-refractivity contribution < 1.29 is 22.7 Å². The highest BCUT2D eigenvalue weighted by molar-refractivity contribution is 9.10. The van der Waals surface area contributed by atoms with Crippen LogP contribution in [0.25, 0.3) is 0 Å². The number of hydrogen-bond donors (Lipinski definition) is 1. The minimum Gasteiger partial charge on any atom is -0.444 e. The molecular formula is C25H31BrClN3O5S. The fraction of sp³-hybridized carbons (Fsp3) is 0.440. The van der Waals surface area contributed by atoms with Crippen LogP contribution in [-0.4, -0.2) is 63.9 Å². The van der Waals surface area contributed by atoms with Gasteiger partial charge in [-0.1, -0.05) is 29.3 Å². The predicted octanol–water partition coefficient (Wildman–Crippen LogP) is 5.18. The second-order valence-electron chi connectivity index (χ2n) is 9.59. The number of amides is 2. The summed E-state index contributed by atoms with van der Waals surface area (Å²) in [5.74, 6) is -0.296. The lowest BCUT2D eigenvalue weighted by molar-refractivity contribution is 0.00232. The number of hydrogen-bond acceptors (Lipinski definition) is 6. The minimum absolute atomic E-state index is 0.119. The standard InChI is InChI=1S/C25H31BrClN3O5S/c1-16-5-7-18(8-6-16)36(33)34-12-9-17-15-29(24(32)35-25(2,3)4)10-11-30(17)23(31)19-13-21(27)20(26)14-22(19)28/h5-8,13-14,17H,9-12,15,28H2,1-4H3. The quantitative estimate of drug-likeness (QED) is 0.458. The number of nitrogen functional groups attached to an aromatic ring is 1. The van der Waals surface area contributed by atoms with Crippen LogP contribution in [0.2, 0.25) is 5.02 Å². The maximum Gasteiger partial charge on any atom is 0.410 e. The summed E-state index contributed by atoms with van der Waals surface area (Å²) in [5.41, 5.74) is 7.11. The molecule has 2 unspecified atom stereocenters. The van der Waals surface area contributed by atoms with Crippen LogP contribution in [0, 0.1) is 6.92 Å². The third-order valence-electron chi connectivity index (χ3n) is 5.57. The van der Waals surface area contributed by atoms with Crippen molar-refractivity contribution in [3.05, 3.63) is 57.0 Å². The number of anilines is 1. The Kier molecular flexibility index (Phi) is 9.43. The summed E-state index contributed by atoms with van der Waals surface area (Å²) in [6, 6.07) is 9.96. The molecule has 1 aliphatic heterocycles. The number of carbonyl (C=O) groups is 2. The Morgan fingerprint density at radius 2 is 1.86 bits per heavy atom.